The Balaban J connectivity index is 1.64. The van der Waals surface area contributed by atoms with Gasteiger partial charge in [0.15, 0.2) is 0 Å². The Morgan fingerprint density at radius 1 is 1.11 bits per heavy atom. The van der Waals surface area contributed by atoms with Crippen molar-refractivity contribution < 1.29 is 4.74 Å². The van der Waals surface area contributed by atoms with Gasteiger partial charge in [0, 0.05) is 58.2 Å². The number of piperidine rings is 1. The average molecular weight is 421 g/mol. The van der Waals surface area contributed by atoms with Crippen LogP contribution >= 0.6 is 35.0 Å². The summed E-state index contributed by atoms with van der Waals surface area (Å²) in [5, 5.41) is 4.89. The number of hydrogen-bond donors (Lipinski definition) is 1. The molecule has 0 aromatic heterocycles. The lowest BCUT2D eigenvalue weighted by atomic mass is 9.88. The first kappa shape index (κ1) is 18.0. The standard InChI is InChI=1S/C21H22Cl2N2OS/c22-14-1-2-15(18(23)11-14)13-9-16-17-12-24-4-3-20(17)26-21(16)19(10-13)25-5-7-27-8-6-25/h1-2,9-11,17,20,24H,3-8,12H2. The highest BCUT2D eigenvalue weighted by atomic mass is 35.5. The van der Waals surface area contributed by atoms with E-state index in [9.17, 15) is 0 Å². The molecular weight excluding hydrogens is 399 g/mol. The zero-order chi connectivity index (χ0) is 18.4. The molecule has 27 heavy (non-hydrogen) atoms. The van der Waals surface area contributed by atoms with Crippen LogP contribution in [0.1, 0.15) is 17.9 Å². The minimum atomic E-state index is 0.287. The van der Waals surface area contributed by atoms with Crippen LogP contribution in [0.25, 0.3) is 11.1 Å². The summed E-state index contributed by atoms with van der Waals surface area (Å²) in [5.41, 5.74) is 4.73. The number of nitrogens with one attached hydrogen (secondary N) is 1. The van der Waals surface area contributed by atoms with E-state index in [1.165, 1.54) is 11.3 Å². The van der Waals surface area contributed by atoms with Crippen LogP contribution in [0.4, 0.5) is 5.69 Å². The number of thioether (sulfide) groups is 1. The van der Waals surface area contributed by atoms with Crippen molar-refractivity contribution in [1.82, 2.24) is 5.32 Å². The first-order chi connectivity index (χ1) is 13.2. The molecule has 0 spiro atoms. The zero-order valence-corrected chi connectivity index (χ0v) is 17.3. The van der Waals surface area contributed by atoms with E-state index in [1.54, 1.807) is 0 Å². The van der Waals surface area contributed by atoms with E-state index in [1.807, 2.05) is 30.0 Å². The number of benzene rings is 2. The quantitative estimate of drug-likeness (QED) is 0.734. The van der Waals surface area contributed by atoms with Crippen molar-refractivity contribution in [3.63, 3.8) is 0 Å². The summed E-state index contributed by atoms with van der Waals surface area (Å²) in [6.07, 6.45) is 1.35. The monoisotopic (exact) mass is 420 g/mol. The molecule has 6 heteroatoms. The third kappa shape index (κ3) is 3.31. The lowest BCUT2D eigenvalue weighted by Gasteiger charge is -2.30. The lowest BCUT2D eigenvalue weighted by molar-refractivity contribution is 0.172. The number of ether oxygens (including phenoxy) is 1. The smallest absolute Gasteiger partial charge is 0.146 e. The largest absolute Gasteiger partial charge is 0.487 e. The van der Waals surface area contributed by atoms with Crippen molar-refractivity contribution in [2.24, 2.45) is 0 Å². The molecule has 2 saturated heterocycles. The van der Waals surface area contributed by atoms with Gasteiger partial charge in [0.05, 0.1) is 5.69 Å². The summed E-state index contributed by atoms with van der Waals surface area (Å²) in [6.45, 7) is 4.13. The SMILES string of the molecule is Clc1ccc(-c2cc3c(c(N4CCSCC4)c2)OC2CCNCC32)c(Cl)c1. The summed E-state index contributed by atoms with van der Waals surface area (Å²) < 4.78 is 6.49. The number of halogens is 2. The van der Waals surface area contributed by atoms with Gasteiger partial charge in [-0.2, -0.15) is 11.8 Å². The molecule has 2 fully saturated rings. The van der Waals surface area contributed by atoms with Gasteiger partial charge in [-0.3, -0.25) is 0 Å². The van der Waals surface area contributed by atoms with E-state index < -0.39 is 0 Å². The summed E-state index contributed by atoms with van der Waals surface area (Å²) in [4.78, 5) is 2.48. The topological polar surface area (TPSA) is 24.5 Å². The molecule has 3 aliphatic rings. The summed E-state index contributed by atoms with van der Waals surface area (Å²) in [7, 11) is 0. The second-order valence-corrected chi connectivity index (χ2v) is 9.46. The van der Waals surface area contributed by atoms with Crippen LogP contribution in [0.3, 0.4) is 0 Å². The second kappa shape index (κ2) is 7.40. The minimum absolute atomic E-state index is 0.287. The number of anilines is 1. The molecule has 0 radical (unpaired) electrons. The van der Waals surface area contributed by atoms with Gasteiger partial charge in [-0.15, -0.1) is 0 Å². The van der Waals surface area contributed by atoms with Gasteiger partial charge in [-0.25, -0.2) is 0 Å². The maximum absolute atomic E-state index is 6.55. The number of rotatable bonds is 2. The van der Waals surface area contributed by atoms with Crippen LogP contribution in [0, 0.1) is 0 Å². The Kier molecular flexibility index (Phi) is 4.93. The van der Waals surface area contributed by atoms with Crippen LogP contribution in [0.15, 0.2) is 30.3 Å². The first-order valence-corrected chi connectivity index (χ1v) is 11.5. The fraction of sp³-hybridized carbons (Fsp3) is 0.429. The van der Waals surface area contributed by atoms with Crippen molar-refractivity contribution in [2.45, 2.75) is 18.4 Å². The van der Waals surface area contributed by atoms with Gasteiger partial charge in [-0.1, -0.05) is 29.3 Å². The molecule has 0 aliphatic carbocycles. The van der Waals surface area contributed by atoms with Gasteiger partial charge in [-0.05, 0) is 42.8 Å². The van der Waals surface area contributed by atoms with Gasteiger partial charge in [0.1, 0.15) is 11.9 Å². The molecule has 142 valence electrons. The van der Waals surface area contributed by atoms with Crippen LogP contribution in [0.5, 0.6) is 5.75 Å². The van der Waals surface area contributed by atoms with Gasteiger partial charge < -0.3 is 15.0 Å². The van der Waals surface area contributed by atoms with Crippen molar-refractivity contribution in [3.05, 3.63) is 45.9 Å². The molecule has 3 heterocycles. The average Bonchev–Trinajstić information content (AvgIpc) is 3.07. The predicted octanol–water partition coefficient (Wildman–Crippen LogP) is 5.05. The Morgan fingerprint density at radius 2 is 1.96 bits per heavy atom. The van der Waals surface area contributed by atoms with E-state index in [2.05, 4.69) is 22.3 Å². The Labute approximate surface area is 174 Å². The highest BCUT2D eigenvalue weighted by molar-refractivity contribution is 7.99. The van der Waals surface area contributed by atoms with Crippen LogP contribution in [-0.2, 0) is 0 Å². The molecule has 1 N–H and O–H groups in total. The van der Waals surface area contributed by atoms with Gasteiger partial charge >= 0.3 is 0 Å². The van der Waals surface area contributed by atoms with Crippen LogP contribution in [0.2, 0.25) is 10.0 Å². The molecule has 0 saturated carbocycles. The van der Waals surface area contributed by atoms with Crippen LogP contribution < -0.4 is 15.0 Å². The van der Waals surface area contributed by atoms with Crippen LogP contribution in [-0.4, -0.2) is 43.8 Å². The third-order valence-electron chi connectivity index (χ3n) is 5.78. The molecule has 2 unspecified atom stereocenters. The molecule has 2 aromatic carbocycles. The van der Waals surface area contributed by atoms with Gasteiger partial charge in [0.25, 0.3) is 0 Å². The normalized spacial score (nSPS) is 24.3. The Morgan fingerprint density at radius 3 is 2.78 bits per heavy atom. The molecule has 3 aliphatic heterocycles. The molecule has 5 rings (SSSR count). The Hall–Kier alpha value is -1.07. The molecule has 3 nitrogen and oxygen atoms in total. The van der Waals surface area contributed by atoms with E-state index in [0.717, 1.165) is 61.0 Å². The molecule has 0 amide bonds. The van der Waals surface area contributed by atoms with Gasteiger partial charge in [0.2, 0.25) is 0 Å². The van der Waals surface area contributed by atoms with E-state index in [-0.39, 0.29) is 6.10 Å². The lowest BCUT2D eigenvalue weighted by Crippen LogP contribution is -2.37. The second-order valence-electron chi connectivity index (χ2n) is 7.39. The molecule has 2 atom stereocenters. The molecule has 0 bridgehead atoms. The first-order valence-electron chi connectivity index (χ1n) is 9.54. The van der Waals surface area contributed by atoms with Crippen molar-refractivity contribution in [1.29, 1.82) is 0 Å². The Bertz CT molecular complexity index is 870. The third-order valence-corrected chi connectivity index (χ3v) is 7.27. The minimum Gasteiger partial charge on any atom is -0.487 e. The number of fused-ring (bicyclic) bond motifs is 3. The molecule has 2 aromatic rings. The highest BCUT2D eigenvalue weighted by Gasteiger charge is 2.39. The number of nitrogens with zero attached hydrogens (tertiary/aromatic N) is 1. The summed E-state index contributed by atoms with van der Waals surface area (Å²) in [5.74, 6) is 3.83. The van der Waals surface area contributed by atoms with E-state index >= 15 is 0 Å². The number of hydrogen-bond acceptors (Lipinski definition) is 4. The molecular formula is C21H22Cl2N2OS. The fourth-order valence-electron chi connectivity index (χ4n) is 4.39. The maximum atomic E-state index is 6.55. The zero-order valence-electron chi connectivity index (χ0n) is 15.0. The summed E-state index contributed by atoms with van der Waals surface area (Å²) >= 11 is 14.7. The highest BCUT2D eigenvalue weighted by Crippen LogP contribution is 2.49. The van der Waals surface area contributed by atoms with Crippen molar-refractivity contribution in [3.8, 4) is 16.9 Å². The maximum Gasteiger partial charge on any atom is 0.146 e. The van der Waals surface area contributed by atoms with E-state index in [0.29, 0.717) is 16.0 Å². The predicted molar refractivity (Wildman–Crippen MR) is 116 cm³/mol. The fourth-order valence-corrected chi connectivity index (χ4v) is 5.82. The summed E-state index contributed by atoms with van der Waals surface area (Å²) in [6, 6.07) is 10.3. The van der Waals surface area contributed by atoms with Crippen molar-refractivity contribution in [2.75, 3.05) is 42.6 Å². The van der Waals surface area contributed by atoms with Crippen molar-refractivity contribution >= 4 is 40.7 Å². The van der Waals surface area contributed by atoms with E-state index in [4.69, 9.17) is 27.9 Å².